The summed E-state index contributed by atoms with van der Waals surface area (Å²) in [7, 11) is 7.85. The fourth-order valence-electron chi connectivity index (χ4n) is 12.2. The van der Waals surface area contributed by atoms with Crippen LogP contribution in [0.15, 0.2) is 304 Å². The Morgan fingerprint density at radius 2 is 1.01 bits per heavy atom. The summed E-state index contributed by atoms with van der Waals surface area (Å²) in [5.41, 5.74) is 35.9. The van der Waals surface area contributed by atoms with Crippen LogP contribution in [0.5, 0.6) is 28.7 Å². The highest BCUT2D eigenvalue weighted by molar-refractivity contribution is 9.10. The Labute approximate surface area is 697 Å². The second-order valence-electron chi connectivity index (χ2n) is 27.6. The first-order valence-corrected chi connectivity index (χ1v) is 36.7. The molecule has 0 amide bonds. The highest BCUT2D eigenvalue weighted by Gasteiger charge is 2.35. The van der Waals surface area contributed by atoms with Gasteiger partial charge in [-0.2, -0.15) is 15.3 Å². The molecule has 118 heavy (non-hydrogen) atoms. The van der Waals surface area contributed by atoms with Crippen molar-refractivity contribution in [2.24, 2.45) is 56.7 Å². The van der Waals surface area contributed by atoms with Crippen LogP contribution in [0.3, 0.4) is 0 Å². The number of hydrogen-bond donors (Lipinski definition) is 9. The minimum Gasteiger partial charge on any atom is -1.00 e. The lowest BCUT2D eigenvalue weighted by atomic mass is 9.90. The van der Waals surface area contributed by atoms with Crippen LogP contribution in [0.25, 0.3) is 38.0 Å². The number of anilines is 4. The largest absolute Gasteiger partial charge is 1.00 e. The number of nitro groups is 1. The topological polar surface area (TPSA) is 402 Å². The molecule has 13 N–H and O–H groups in total. The van der Waals surface area contributed by atoms with E-state index in [0.717, 1.165) is 77.3 Å². The molecule has 1 aliphatic heterocycles. The van der Waals surface area contributed by atoms with Crippen molar-refractivity contribution in [3.05, 3.63) is 297 Å². The number of nitro benzene ring substituents is 1. The van der Waals surface area contributed by atoms with Crippen molar-refractivity contribution in [3.63, 3.8) is 0 Å². The number of hydrogen-bond acceptors (Lipinski definition) is 24. The Hall–Kier alpha value is -14.1. The molecule has 0 spiro atoms. The number of quaternary nitrogens is 1. The Bertz CT molecular complexity index is 6060. The zero-order chi connectivity index (χ0) is 82.4. The summed E-state index contributed by atoms with van der Waals surface area (Å²) in [6, 6.07) is 72.7. The molecule has 604 valence electrons. The van der Waals surface area contributed by atoms with Crippen molar-refractivity contribution in [1.29, 1.82) is 0 Å². The molecular formula is C90H91BrClN17O9. The predicted octanol–water partition coefficient (Wildman–Crippen LogP) is 20.0. The first-order valence-electron chi connectivity index (χ1n) is 35.9. The van der Waals surface area contributed by atoms with Crippen molar-refractivity contribution in [2.45, 2.75) is 61.7 Å². The highest BCUT2D eigenvalue weighted by atomic mass is 79.9. The van der Waals surface area contributed by atoms with Crippen LogP contribution in [-0.4, -0.2) is 88.2 Å². The molecule has 2 atom stereocenters. The molecule has 1 heterocycles. The second-order valence-corrected chi connectivity index (χ2v) is 28.5. The summed E-state index contributed by atoms with van der Waals surface area (Å²) in [5.74, 6) is 0.350. The molecular weight excluding hydrogens is 1580 g/mol. The van der Waals surface area contributed by atoms with Crippen molar-refractivity contribution >= 4 is 151 Å². The molecule has 2 unspecified atom stereocenters. The van der Waals surface area contributed by atoms with Gasteiger partial charge in [0.2, 0.25) is 5.78 Å². The van der Waals surface area contributed by atoms with Crippen LogP contribution < -0.4 is 49.6 Å². The summed E-state index contributed by atoms with van der Waals surface area (Å²) >= 11 is 3.20. The lowest BCUT2D eigenvalue weighted by molar-refractivity contribution is -0.384. The maximum absolute atomic E-state index is 12.7. The Balaban J connectivity index is 0.000000183. The average molecular weight is 1670 g/mol. The Morgan fingerprint density at radius 1 is 0.517 bits per heavy atom. The third-order valence-electron chi connectivity index (χ3n) is 18.1. The number of ether oxygens (including phenoxy) is 1. The van der Waals surface area contributed by atoms with E-state index >= 15 is 0 Å². The number of allylic oxidation sites excluding steroid dienone is 1. The van der Waals surface area contributed by atoms with Crippen LogP contribution in [0.2, 0.25) is 0 Å². The SMILES string of the molecule is C.C.CC1=NN(c2ccccc2)C(O)C1N=Nc1ccccc1[N+](C)(C)C.COc1ccccc1N=Nc1c(O)ccc2ccc(C)cc12.Cc1ccc2ccc(O)c(N=Nc3ccc(N)cc3)c2c1.Cc1ccc2ccc(O)c(N=Nc3ccc(N)cc3[N+](=O)[O-])c2c1.Cc1cccc(N=C2C=C(N)c3c(O)c(Br)cc(N)c3C2=O)c1.[Cl-]. The number of aryl methyl sites for hydroxylation is 4. The van der Waals surface area contributed by atoms with E-state index in [0.29, 0.717) is 48.8 Å². The van der Waals surface area contributed by atoms with Crippen molar-refractivity contribution in [3.8, 4) is 28.7 Å². The maximum atomic E-state index is 12.7. The normalized spacial score (nSPS) is 13.8. The molecule has 0 fully saturated rings. The number of hydrazone groups is 1. The number of rotatable bonds is 13. The third-order valence-corrected chi connectivity index (χ3v) is 18.7. The number of carbonyl (C=O) groups is 1. The van der Waals surface area contributed by atoms with Gasteiger partial charge in [-0.25, -0.2) is 10.0 Å². The first-order chi connectivity index (χ1) is 55.0. The number of fused-ring (bicyclic) bond motifs is 4. The van der Waals surface area contributed by atoms with Crippen LogP contribution in [0, 0.1) is 37.8 Å². The molecule has 2 aliphatic rings. The van der Waals surface area contributed by atoms with Crippen LogP contribution in [0.1, 0.15) is 60.0 Å². The summed E-state index contributed by atoms with van der Waals surface area (Å²) < 4.78 is 6.28. The fraction of sp³-hybridized carbons (Fsp3) is 0.144. The van der Waals surface area contributed by atoms with Gasteiger partial charge in [-0.1, -0.05) is 141 Å². The van der Waals surface area contributed by atoms with Gasteiger partial charge in [0.05, 0.1) is 71.5 Å². The Kier molecular flexibility index (Phi) is 30.1. The molecule has 28 heteroatoms. The molecule has 13 aromatic rings. The number of methoxy groups -OCH3 is 1. The highest BCUT2D eigenvalue weighted by Crippen LogP contribution is 2.44. The number of aliphatic hydroxyl groups excluding tert-OH is 1. The fourth-order valence-corrected chi connectivity index (χ4v) is 12.6. The zero-order valence-electron chi connectivity index (χ0n) is 64.6. The smallest absolute Gasteiger partial charge is 0.298 e. The zero-order valence-corrected chi connectivity index (χ0v) is 66.9. The van der Waals surface area contributed by atoms with Gasteiger partial charge in [0.15, 0.2) is 23.6 Å². The number of aliphatic imine (C=N–C) groups is 1. The van der Waals surface area contributed by atoms with Gasteiger partial charge in [-0.05, 0) is 200 Å². The van der Waals surface area contributed by atoms with Gasteiger partial charge in [-0.15, -0.1) is 30.7 Å². The molecule has 0 saturated carbocycles. The van der Waals surface area contributed by atoms with Gasteiger partial charge in [0.25, 0.3) is 5.69 Å². The number of phenolic OH excluding ortho intramolecular Hbond substituents is 4. The number of Topliss-reactive ketones (excluding diaryl/α,β-unsaturated/α-hetero) is 1. The lowest BCUT2D eigenvalue weighted by Gasteiger charge is -2.24. The number of carbonyl (C=O) groups excluding carboxylic acids is 1. The third kappa shape index (κ3) is 21.6. The maximum Gasteiger partial charge on any atom is 0.298 e. The number of para-hydroxylation sites is 3. The van der Waals surface area contributed by atoms with Crippen LogP contribution in [-0.2, 0) is 0 Å². The molecule has 0 aromatic heterocycles. The molecule has 0 bridgehead atoms. The molecule has 13 aromatic carbocycles. The lowest BCUT2D eigenvalue weighted by Crippen LogP contribution is -3.00. The van der Waals surface area contributed by atoms with E-state index < -0.39 is 17.2 Å². The summed E-state index contributed by atoms with van der Waals surface area (Å²) in [4.78, 5) is 27.6. The number of phenols is 4. The number of halogens is 2. The average Bonchev–Trinajstić information content (AvgIpc) is 0.965. The van der Waals surface area contributed by atoms with E-state index in [9.17, 15) is 40.4 Å². The summed E-state index contributed by atoms with van der Waals surface area (Å²) in [5, 5.41) is 107. The van der Waals surface area contributed by atoms with Crippen molar-refractivity contribution < 1.29 is 52.4 Å². The number of ketones is 1. The first kappa shape index (κ1) is 89.4. The monoisotopic (exact) mass is 1670 g/mol. The number of nitrogens with two attached hydrogens (primary N) is 4. The van der Waals surface area contributed by atoms with E-state index in [1.807, 2.05) is 198 Å². The standard InChI is InChI=1S/C19H24N5O.C18H16N2O2.C17H14BrN3O2.C17H14N4O3.C17H15N3O.2CH4.ClH/c1-14-18(19(25)23(22-14)15-10-6-5-7-11-15)21-20-16-12-8-9-13-17(16)24(2,3)4;1-12-7-8-13-9-10-16(21)18(14(13)11-12)20-19-15-5-3-4-6-17(15)22-2;1-8-3-2-4-9(5-8)21-13-7-12(20)14-15(17(13)23)11(19)6-10(18)16(14)22;1-10-2-3-11-4-7-16(22)17(13(11)8-10)20-19-14-6-5-12(18)9-15(14)21(23)24;1-11-2-3-12-4-9-16(21)17(15(12)10-11)20-19-14-7-5-13(18)6-8-14;;;/h5-13,18-19,25H,1-4H3;3-11,21H,1-2H3;2-7,22H,19-20H2,1H3;2-9,22H,18H2,1H3;2-10,21H,18H2,1H3;2*1H4;1H/q+1;;;;;;;/p-1. The van der Waals surface area contributed by atoms with Crippen molar-refractivity contribution in [2.75, 3.05) is 50.5 Å². The predicted molar refractivity (Wildman–Crippen MR) is 476 cm³/mol. The number of aliphatic hydroxyl groups is 1. The van der Waals surface area contributed by atoms with Gasteiger partial charge >= 0.3 is 0 Å². The van der Waals surface area contributed by atoms with E-state index in [1.165, 1.54) is 36.4 Å². The van der Waals surface area contributed by atoms with E-state index in [2.05, 4.69) is 88.1 Å². The summed E-state index contributed by atoms with van der Waals surface area (Å²) in [6.45, 7) is 9.74. The van der Waals surface area contributed by atoms with Gasteiger partial charge < -0.3 is 65.6 Å². The molecule has 26 nitrogen and oxygen atoms in total. The molecule has 1 aliphatic carbocycles. The quantitative estimate of drug-likeness (QED) is 0.0129. The number of aromatic hydroxyl groups is 4. The van der Waals surface area contributed by atoms with E-state index in [-0.39, 0.29) is 107 Å². The number of benzene rings is 13. The number of nitrogens with zero attached hydrogens (tertiary/aromatic N) is 13. The van der Waals surface area contributed by atoms with Crippen LogP contribution in [0.4, 0.5) is 79.6 Å². The molecule has 0 radical (unpaired) electrons. The Morgan fingerprint density at radius 3 is 1.54 bits per heavy atom. The van der Waals surface area contributed by atoms with Gasteiger partial charge in [-0.3, -0.25) is 19.4 Å². The minimum atomic E-state index is -0.859. The summed E-state index contributed by atoms with van der Waals surface area (Å²) in [6.07, 6.45) is 0.598. The minimum absolute atomic E-state index is 0. The van der Waals surface area contributed by atoms with Crippen LogP contribution >= 0.6 is 15.9 Å². The number of azo groups is 4. The molecule has 15 rings (SSSR count). The number of nitrogen functional groups attached to an aromatic ring is 3. The van der Waals surface area contributed by atoms with Gasteiger partial charge in [0, 0.05) is 51.1 Å². The van der Waals surface area contributed by atoms with Crippen molar-refractivity contribution in [1.82, 2.24) is 4.48 Å². The van der Waals surface area contributed by atoms with E-state index in [4.69, 9.17) is 27.7 Å². The molecule has 0 saturated heterocycles. The van der Waals surface area contributed by atoms with E-state index in [1.54, 1.807) is 60.6 Å². The second kappa shape index (κ2) is 39.8. The van der Waals surface area contributed by atoms with Gasteiger partial charge in [0.1, 0.15) is 62.9 Å².